The number of likely N-dealkylation sites (tertiary alicyclic amines) is 1. The highest BCUT2D eigenvalue weighted by molar-refractivity contribution is 5.86. The van der Waals surface area contributed by atoms with Crippen LogP contribution in [0.25, 0.3) is 0 Å². The number of benzene rings is 2. The van der Waals surface area contributed by atoms with Crippen LogP contribution in [-0.4, -0.2) is 23.1 Å². The van der Waals surface area contributed by atoms with Crippen molar-refractivity contribution in [2.24, 2.45) is 0 Å². The summed E-state index contributed by atoms with van der Waals surface area (Å²) in [7, 11) is 0. The van der Waals surface area contributed by atoms with Crippen LogP contribution >= 0.6 is 12.4 Å². The van der Waals surface area contributed by atoms with E-state index in [1.54, 1.807) is 4.90 Å². The molecular formula is C25H24ClF6NO2. The van der Waals surface area contributed by atoms with Gasteiger partial charge in [-0.05, 0) is 55.0 Å². The molecule has 1 heterocycles. The molecule has 2 aromatic rings. The van der Waals surface area contributed by atoms with Crippen LogP contribution in [0.3, 0.4) is 0 Å². The Morgan fingerprint density at radius 1 is 0.829 bits per heavy atom. The van der Waals surface area contributed by atoms with E-state index in [0.29, 0.717) is 37.9 Å². The molecule has 0 bridgehead atoms. The number of amides is 1. The molecule has 1 saturated carbocycles. The molecule has 1 amide bonds. The molecule has 190 valence electrons. The lowest BCUT2D eigenvalue weighted by atomic mass is 9.73. The molecule has 1 atom stereocenters. The molecule has 0 spiro atoms. The predicted molar refractivity (Wildman–Crippen MR) is 119 cm³/mol. The first kappa shape index (κ1) is 27.0. The molecule has 4 rings (SSSR count). The molecule has 1 saturated heterocycles. The highest BCUT2D eigenvalue weighted by Gasteiger charge is 2.47. The van der Waals surface area contributed by atoms with E-state index in [2.05, 4.69) is 0 Å². The minimum atomic E-state index is -4.98. The van der Waals surface area contributed by atoms with Gasteiger partial charge in [-0.1, -0.05) is 30.3 Å². The Kier molecular flexibility index (Phi) is 7.60. The van der Waals surface area contributed by atoms with E-state index in [4.69, 9.17) is 0 Å². The van der Waals surface area contributed by atoms with Gasteiger partial charge in [-0.2, -0.15) is 26.3 Å². The summed E-state index contributed by atoms with van der Waals surface area (Å²) in [6.07, 6.45) is -8.15. The van der Waals surface area contributed by atoms with Crippen LogP contribution in [0.5, 0.6) is 0 Å². The number of rotatable bonds is 3. The van der Waals surface area contributed by atoms with E-state index >= 15 is 0 Å². The summed E-state index contributed by atoms with van der Waals surface area (Å²) in [5.41, 5.74) is -3.14. The monoisotopic (exact) mass is 519 g/mol. The van der Waals surface area contributed by atoms with Gasteiger partial charge < -0.3 is 4.90 Å². The van der Waals surface area contributed by atoms with Gasteiger partial charge in [0.15, 0.2) is 0 Å². The van der Waals surface area contributed by atoms with Crippen molar-refractivity contribution in [2.45, 2.75) is 62.3 Å². The Balaban J connectivity index is 0.00000342. The summed E-state index contributed by atoms with van der Waals surface area (Å²) in [4.78, 5) is 27.3. The van der Waals surface area contributed by atoms with Gasteiger partial charge >= 0.3 is 12.4 Å². The lowest BCUT2D eigenvalue weighted by Gasteiger charge is -2.49. The zero-order valence-corrected chi connectivity index (χ0v) is 19.4. The topological polar surface area (TPSA) is 37.4 Å². The zero-order chi connectivity index (χ0) is 24.7. The van der Waals surface area contributed by atoms with Crippen molar-refractivity contribution < 1.29 is 35.9 Å². The van der Waals surface area contributed by atoms with Crippen LogP contribution in [0.15, 0.2) is 48.5 Å². The highest BCUT2D eigenvalue weighted by Crippen LogP contribution is 2.46. The summed E-state index contributed by atoms with van der Waals surface area (Å²) in [6, 6.07) is 10.5. The maximum atomic E-state index is 13.7. The zero-order valence-electron chi connectivity index (χ0n) is 18.6. The van der Waals surface area contributed by atoms with Crippen molar-refractivity contribution in [1.29, 1.82) is 0 Å². The number of hydrogen-bond donors (Lipinski definition) is 0. The van der Waals surface area contributed by atoms with E-state index in [-0.39, 0.29) is 49.1 Å². The van der Waals surface area contributed by atoms with Crippen LogP contribution in [0, 0.1) is 0 Å². The minimum Gasteiger partial charge on any atom is -0.332 e. The number of halogens is 7. The predicted octanol–water partition coefficient (Wildman–Crippen LogP) is 6.89. The van der Waals surface area contributed by atoms with Crippen molar-refractivity contribution in [3.8, 4) is 0 Å². The van der Waals surface area contributed by atoms with Crippen LogP contribution in [0.2, 0.25) is 0 Å². The number of ketones is 1. The van der Waals surface area contributed by atoms with Gasteiger partial charge in [-0.25, -0.2) is 0 Å². The average molecular weight is 520 g/mol. The number of carbonyl (C=O) groups excluding carboxylic acids is 2. The van der Waals surface area contributed by atoms with Crippen LogP contribution in [0.4, 0.5) is 26.3 Å². The van der Waals surface area contributed by atoms with E-state index in [9.17, 15) is 35.9 Å². The first-order chi connectivity index (χ1) is 15.9. The number of piperidine rings is 1. The maximum absolute atomic E-state index is 13.7. The first-order valence-electron chi connectivity index (χ1n) is 11.1. The van der Waals surface area contributed by atoms with Gasteiger partial charge in [0, 0.05) is 19.4 Å². The first-order valence-corrected chi connectivity index (χ1v) is 11.1. The average Bonchev–Trinajstić information content (AvgIpc) is 2.79. The largest absolute Gasteiger partial charge is 0.416 e. The molecular weight excluding hydrogens is 496 g/mol. The fourth-order valence-corrected chi connectivity index (χ4v) is 5.19. The quantitative estimate of drug-likeness (QED) is 0.414. The van der Waals surface area contributed by atoms with Crippen molar-refractivity contribution >= 4 is 24.1 Å². The molecule has 1 unspecified atom stereocenters. The number of carbonyl (C=O) groups is 2. The highest BCUT2D eigenvalue weighted by atomic mass is 35.5. The van der Waals surface area contributed by atoms with Crippen LogP contribution < -0.4 is 0 Å². The van der Waals surface area contributed by atoms with Crippen molar-refractivity contribution in [3.05, 3.63) is 70.8 Å². The minimum absolute atomic E-state index is 0. The van der Waals surface area contributed by atoms with E-state index in [1.807, 2.05) is 30.3 Å². The molecule has 1 aliphatic carbocycles. The Bertz CT molecular complexity index is 1040. The second-order valence-electron chi connectivity index (χ2n) is 8.96. The number of alkyl halides is 6. The summed E-state index contributed by atoms with van der Waals surface area (Å²) >= 11 is 0. The molecule has 1 aliphatic heterocycles. The lowest BCUT2D eigenvalue weighted by Crippen LogP contribution is -2.55. The van der Waals surface area contributed by atoms with Crippen molar-refractivity contribution in [1.82, 2.24) is 4.90 Å². The van der Waals surface area contributed by atoms with Gasteiger partial charge in [0.1, 0.15) is 5.78 Å². The fourth-order valence-electron chi connectivity index (χ4n) is 5.19. The standard InChI is InChI=1S/C25H23F6NO2.ClH/c26-24(27,28)18-13-16(14-19(15-18)25(29,30)31)21-7-4-12-32(22(21)34)23(10-8-20(33)9-11-23)17-5-2-1-3-6-17;/h1-3,5-6,13-15,21H,4,7-12H2;1H. The molecule has 0 radical (unpaired) electrons. The SMILES string of the molecule is Cl.O=C1CCC(c2ccccc2)(N2CCCC(c3cc(C(F)(F)F)cc(C(F)(F)F)c3)C2=O)CC1. The molecule has 0 N–H and O–H groups in total. The Labute approximate surface area is 204 Å². The Morgan fingerprint density at radius 2 is 1.37 bits per heavy atom. The number of Topliss-reactive ketones (excluding diaryl/α,β-unsaturated/α-hetero) is 1. The van der Waals surface area contributed by atoms with Gasteiger partial charge in [0.25, 0.3) is 0 Å². The molecule has 3 nitrogen and oxygen atoms in total. The summed E-state index contributed by atoms with van der Waals surface area (Å²) in [6.45, 7) is 0.323. The normalized spacial score (nSPS) is 21.0. The van der Waals surface area contributed by atoms with Gasteiger partial charge in [0.2, 0.25) is 5.91 Å². The van der Waals surface area contributed by atoms with E-state index < -0.39 is 40.8 Å². The number of hydrogen-bond acceptors (Lipinski definition) is 2. The van der Waals surface area contributed by atoms with Gasteiger partial charge in [-0.15, -0.1) is 12.4 Å². The van der Waals surface area contributed by atoms with E-state index in [0.717, 1.165) is 5.56 Å². The molecule has 2 fully saturated rings. The van der Waals surface area contributed by atoms with Gasteiger partial charge in [0.05, 0.1) is 22.6 Å². The second-order valence-corrected chi connectivity index (χ2v) is 8.96. The molecule has 2 aliphatic rings. The van der Waals surface area contributed by atoms with Gasteiger partial charge in [-0.3, -0.25) is 9.59 Å². The third kappa shape index (κ3) is 5.34. The number of nitrogens with zero attached hydrogens (tertiary/aromatic N) is 1. The fraction of sp³-hybridized carbons (Fsp3) is 0.440. The third-order valence-electron chi connectivity index (χ3n) is 6.91. The summed E-state index contributed by atoms with van der Waals surface area (Å²) in [5.74, 6) is -1.56. The van der Waals surface area contributed by atoms with Crippen molar-refractivity contribution in [3.63, 3.8) is 0 Å². The molecule has 2 aromatic carbocycles. The third-order valence-corrected chi connectivity index (χ3v) is 6.91. The van der Waals surface area contributed by atoms with Crippen molar-refractivity contribution in [2.75, 3.05) is 6.54 Å². The van der Waals surface area contributed by atoms with Crippen LogP contribution in [0.1, 0.15) is 66.7 Å². The lowest BCUT2D eigenvalue weighted by molar-refractivity contribution is -0.148. The van der Waals surface area contributed by atoms with E-state index in [1.165, 1.54) is 0 Å². The second kappa shape index (κ2) is 9.84. The molecule has 35 heavy (non-hydrogen) atoms. The van der Waals surface area contributed by atoms with Crippen LogP contribution in [-0.2, 0) is 27.5 Å². The molecule has 10 heteroatoms. The summed E-state index contributed by atoms with van der Waals surface area (Å²) in [5, 5.41) is 0. The smallest absolute Gasteiger partial charge is 0.332 e. The summed E-state index contributed by atoms with van der Waals surface area (Å²) < 4.78 is 80.4. The Hall–Kier alpha value is -2.55. The molecule has 0 aromatic heterocycles. The maximum Gasteiger partial charge on any atom is 0.416 e. The Morgan fingerprint density at radius 3 is 1.89 bits per heavy atom.